The summed E-state index contributed by atoms with van der Waals surface area (Å²) in [6, 6.07) is 7.11. The van der Waals surface area contributed by atoms with Gasteiger partial charge in [0.15, 0.2) is 0 Å². The van der Waals surface area contributed by atoms with Gasteiger partial charge in [0, 0.05) is 10.6 Å². The van der Waals surface area contributed by atoms with Crippen LogP contribution < -0.4 is 10.3 Å². The molecule has 0 saturated carbocycles. The predicted molar refractivity (Wildman–Crippen MR) is 77.3 cm³/mol. The van der Waals surface area contributed by atoms with Gasteiger partial charge in [-0.1, -0.05) is 11.6 Å². The number of rotatable bonds is 3. The van der Waals surface area contributed by atoms with Crippen molar-refractivity contribution < 1.29 is 4.74 Å². The van der Waals surface area contributed by atoms with Gasteiger partial charge in [-0.3, -0.25) is 4.79 Å². The normalized spacial score (nSPS) is 13.8. The van der Waals surface area contributed by atoms with Crippen LogP contribution in [0, 0.1) is 0 Å². The number of benzene rings is 1. The molecule has 1 heterocycles. The lowest BCUT2D eigenvalue weighted by Gasteiger charge is -2.14. The number of ether oxygens (including phenoxy) is 1. The second-order valence-electron chi connectivity index (χ2n) is 4.89. The number of nitrogens with zero attached hydrogens (tertiary/aromatic N) is 1. The van der Waals surface area contributed by atoms with Crippen LogP contribution in [0.5, 0.6) is 5.75 Å². The molecule has 2 aromatic rings. The van der Waals surface area contributed by atoms with E-state index in [0.29, 0.717) is 16.6 Å². The number of aromatic amines is 1. The van der Waals surface area contributed by atoms with Crippen LogP contribution in [0.3, 0.4) is 0 Å². The fraction of sp³-hybridized carbons (Fsp3) is 0.333. The maximum atomic E-state index is 12.0. The average molecular weight is 291 g/mol. The van der Waals surface area contributed by atoms with Crippen molar-refractivity contribution in [2.24, 2.45) is 0 Å². The SMILES string of the molecule is O=c1[nH]c(COc2ccc(Cl)cc2)nc2c1CCCC2. The monoisotopic (exact) mass is 290 g/mol. The van der Waals surface area contributed by atoms with E-state index in [4.69, 9.17) is 16.3 Å². The van der Waals surface area contributed by atoms with Crippen molar-refractivity contribution in [2.75, 3.05) is 0 Å². The Morgan fingerprint density at radius 3 is 2.75 bits per heavy atom. The first kappa shape index (κ1) is 13.2. The minimum absolute atomic E-state index is 0.0237. The maximum absolute atomic E-state index is 12.0. The Labute approximate surface area is 121 Å². The van der Waals surface area contributed by atoms with Gasteiger partial charge in [-0.05, 0) is 49.9 Å². The van der Waals surface area contributed by atoms with Crippen LogP contribution in [0.25, 0.3) is 0 Å². The molecule has 0 bridgehead atoms. The van der Waals surface area contributed by atoms with E-state index in [1.54, 1.807) is 24.3 Å². The molecule has 0 saturated heterocycles. The molecule has 0 aliphatic heterocycles. The zero-order valence-electron chi connectivity index (χ0n) is 11.0. The highest BCUT2D eigenvalue weighted by atomic mass is 35.5. The molecule has 0 unspecified atom stereocenters. The van der Waals surface area contributed by atoms with E-state index >= 15 is 0 Å². The van der Waals surface area contributed by atoms with Gasteiger partial charge in [0.05, 0.1) is 5.69 Å². The summed E-state index contributed by atoms with van der Waals surface area (Å²) in [7, 11) is 0. The summed E-state index contributed by atoms with van der Waals surface area (Å²) in [4.78, 5) is 19.3. The second kappa shape index (κ2) is 5.67. The average Bonchev–Trinajstić information content (AvgIpc) is 2.47. The van der Waals surface area contributed by atoms with Crippen molar-refractivity contribution in [3.8, 4) is 5.75 Å². The number of hydrogen-bond donors (Lipinski definition) is 1. The lowest BCUT2D eigenvalue weighted by molar-refractivity contribution is 0.294. The molecule has 0 fully saturated rings. The lowest BCUT2D eigenvalue weighted by atomic mass is 9.97. The fourth-order valence-electron chi connectivity index (χ4n) is 2.41. The van der Waals surface area contributed by atoms with E-state index in [9.17, 15) is 4.79 Å². The molecule has 0 spiro atoms. The van der Waals surface area contributed by atoms with E-state index in [1.165, 1.54) is 0 Å². The summed E-state index contributed by atoms with van der Waals surface area (Å²) in [5.74, 6) is 1.28. The van der Waals surface area contributed by atoms with E-state index in [0.717, 1.165) is 36.9 Å². The third kappa shape index (κ3) is 2.85. The van der Waals surface area contributed by atoms with Crippen LogP contribution in [-0.4, -0.2) is 9.97 Å². The Morgan fingerprint density at radius 1 is 1.20 bits per heavy atom. The number of hydrogen-bond acceptors (Lipinski definition) is 3. The second-order valence-corrected chi connectivity index (χ2v) is 5.32. The Morgan fingerprint density at radius 2 is 1.95 bits per heavy atom. The van der Waals surface area contributed by atoms with E-state index in [2.05, 4.69) is 9.97 Å². The number of aromatic nitrogens is 2. The van der Waals surface area contributed by atoms with Crippen molar-refractivity contribution in [3.05, 3.63) is 56.7 Å². The summed E-state index contributed by atoms with van der Waals surface area (Å²) in [6.07, 6.45) is 3.88. The summed E-state index contributed by atoms with van der Waals surface area (Å²) in [6.45, 7) is 0.254. The first-order valence-corrected chi connectivity index (χ1v) is 7.09. The molecule has 104 valence electrons. The van der Waals surface area contributed by atoms with Crippen molar-refractivity contribution in [1.29, 1.82) is 0 Å². The maximum Gasteiger partial charge on any atom is 0.254 e. The van der Waals surface area contributed by atoms with Crippen LogP contribution in [0.1, 0.15) is 29.9 Å². The molecule has 3 rings (SSSR count). The van der Waals surface area contributed by atoms with Gasteiger partial charge in [-0.2, -0.15) is 0 Å². The third-order valence-corrected chi connectivity index (χ3v) is 3.68. The standard InChI is InChI=1S/C15H15ClN2O2/c16-10-5-7-11(8-6-10)20-9-14-17-13-4-2-1-3-12(13)15(19)18-14/h5-8H,1-4,9H2,(H,17,18,19). The topological polar surface area (TPSA) is 55.0 Å². The van der Waals surface area contributed by atoms with E-state index in [-0.39, 0.29) is 12.2 Å². The van der Waals surface area contributed by atoms with Crippen molar-refractivity contribution in [3.63, 3.8) is 0 Å². The largest absolute Gasteiger partial charge is 0.486 e. The van der Waals surface area contributed by atoms with E-state index in [1.807, 2.05) is 0 Å². The van der Waals surface area contributed by atoms with Crippen LogP contribution in [-0.2, 0) is 19.4 Å². The van der Waals surface area contributed by atoms with Gasteiger partial charge in [-0.15, -0.1) is 0 Å². The number of fused-ring (bicyclic) bond motifs is 1. The van der Waals surface area contributed by atoms with Gasteiger partial charge in [0.25, 0.3) is 5.56 Å². The molecule has 4 nitrogen and oxygen atoms in total. The Bertz CT molecular complexity index is 665. The highest BCUT2D eigenvalue weighted by molar-refractivity contribution is 6.30. The van der Waals surface area contributed by atoms with Gasteiger partial charge in [-0.25, -0.2) is 4.98 Å². The molecule has 20 heavy (non-hydrogen) atoms. The Balaban J connectivity index is 1.76. The minimum Gasteiger partial charge on any atom is -0.486 e. The predicted octanol–water partition coefficient (Wildman–Crippen LogP) is 2.88. The summed E-state index contributed by atoms with van der Waals surface area (Å²) in [5, 5.41) is 0.665. The molecule has 1 aliphatic carbocycles. The zero-order valence-corrected chi connectivity index (χ0v) is 11.7. The Hall–Kier alpha value is -1.81. The van der Waals surface area contributed by atoms with Crippen LogP contribution in [0.2, 0.25) is 5.02 Å². The van der Waals surface area contributed by atoms with Gasteiger partial charge in [0.1, 0.15) is 18.2 Å². The number of aryl methyl sites for hydroxylation is 1. The van der Waals surface area contributed by atoms with Crippen LogP contribution in [0.15, 0.2) is 29.1 Å². The van der Waals surface area contributed by atoms with Crippen molar-refractivity contribution in [1.82, 2.24) is 9.97 Å². The lowest BCUT2D eigenvalue weighted by Crippen LogP contribution is -2.23. The Kier molecular flexibility index (Phi) is 3.74. The van der Waals surface area contributed by atoms with Gasteiger partial charge in [0.2, 0.25) is 0 Å². The molecule has 0 radical (unpaired) electrons. The molecule has 0 amide bonds. The molecule has 5 heteroatoms. The fourth-order valence-corrected chi connectivity index (χ4v) is 2.53. The molecule has 0 atom stereocenters. The first-order chi connectivity index (χ1) is 9.72. The molecule has 1 N–H and O–H groups in total. The first-order valence-electron chi connectivity index (χ1n) is 6.72. The summed E-state index contributed by atoms with van der Waals surface area (Å²) >= 11 is 5.81. The molecule has 1 aromatic carbocycles. The third-order valence-electron chi connectivity index (χ3n) is 3.43. The van der Waals surface area contributed by atoms with Crippen LogP contribution >= 0.6 is 11.6 Å². The zero-order chi connectivity index (χ0) is 13.9. The van der Waals surface area contributed by atoms with Gasteiger partial charge < -0.3 is 9.72 Å². The summed E-state index contributed by atoms with van der Waals surface area (Å²) < 4.78 is 5.60. The highest BCUT2D eigenvalue weighted by Crippen LogP contribution is 2.18. The summed E-state index contributed by atoms with van der Waals surface area (Å²) in [5.41, 5.74) is 1.74. The number of H-pyrrole nitrogens is 1. The number of halogens is 1. The van der Waals surface area contributed by atoms with Crippen molar-refractivity contribution >= 4 is 11.6 Å². The van der Waals surface area contributed by atoms with Crippen molar-refractivity contribution in [2.45, 2.75) is 32.3 Å². The minimum atomic E-state index is -0.0237. The van der Waals surface area contributed by atoms with Crippen LogP contribution in [0.4, 0.5) is 0 Å². The molecule has 1 aliphatic rings. The van der Waals surface area contributed by atoms with E-state index < -0.39 is 0 Å². The van der Waals surface area contributed by atoms with Gasteiger partial charge >= 0.3 is 0 Å². The number of nitrogens with one attached hydrogen (secondary N) is 1. The molecule has 1 aromatic heterocycles. The smallest absolute Gasteiger partial charge is 0.254 e. The highest BCUT2D eigenvalue weighted by Gasteiger charge is 2.15. The quantitative estimate of drug-likeness (QED) is 0.945. The molecular formula is C15H15ClN2O2. The molecular weight excluding hydrogens is 276 g/mol.